The number of aryl methyl sites for hydroxylation is 2. The van der Waals surface area contributed by atoms with E-state index in [0.717, 1.165) is 23.2 Å². The highest BCUT2D eigenvalue weighted by Crippen LogP contribution is 2.13. The predicted molar refractivity (Wildman–Crippen MR) is 74.3 cm³/mol. The van der Waals surface area contributed by atoms with Gasteiger partial charge in [0.15, 0.2) is 5.78 Å². The summed E-state index contributed by atoms with van der Waals surface area (Å²) in [4.78, 5) is 25.9. The number of hydrogen-bond donors (Lipinski definition) is 1. The average Bonchev–Trinajstić information content (AvgIpc) is 2.38. The molecular formula is C15H20N2O2. The average molecular weight is 260 g/mol. The van der Waals surface area contributed by atoms with Crippen molar-refractivity contribution in [2.75, 3.05) is 19.6 Å². The maximum absolute atomic E-state index is 12.4. The lowest BCUT2D eigenvalue weighted by atomic mass is 10.0. The Hall–Kier alpha value is -1.68. The highest BCUT2D eigenvalue weighted by Gasteiger charge is 2.27. The summed E-state index contributed by atoms with van der Waals surface area (Å²) in [5, 5.41) is 2.80. The van der Waals surface area contributed by atoms with Crippen LogP contribution in [0.1, 0.15) is 28.4 Å². The number of carbonyl (C=O) groups excluding carboxylic acids is 2. The number of amides is 1. The zero-order valence-electron chi connectivity index (χ0n) is 11.7. The Morgan fingerprint density at radius 1 is 1.42 bits per heavy atom. The number of nitrogens with zero attached hydrogens (tertiary/aromatic N) is 1. The first-order chi connectivity index (χ1) is 8.99. The molecule has 1 unspecified atom stereocenters. The zero-order valence-corrected chi connectivity index (χ0v) is 11.7. The molecule has 0 aliphatic carbocycles. The Labute approximate surface area is 113 Å². The number of piperazine rings is 1. The summed E-state index contributed by atoms with van der Waals surface area (Å²) in [6, 6.07) is 5.66. The van der Waals surface area contributed by atoms with Crippen LogP contribution < -0.4 is 5.32 Å². The van der Waals surface area contributed by atoms with Crippen LogP contribution in [-0.4, -0.2) is 42.3 Å². The second-order valence-corrected chi connectivity index (χ2v) is 5.18. The number of carbonyl (C=O) groups is 2. The Morgan fingerprint density at radius 2 is 2.16 bits per heavy atom. The number of rotatable bonds is 3. The van der Waals surface area contributed by atoms with E-state index in [4.69, 9.17) is 0 Å². The molecule has 0 radical (unpaired) electrons. The molecule has 0 spiro atoms. The summed E-state index contributed by atoms with van der Waals surface area (Å²) < 4.78 is 0. The second-order valence-electron chi connectivity index (χ2n) is 5.18. The van der Waals surface area contributed by atoms with Gasteiger partial charge < -0.3 is 5.32 Å². The van der Waals surface area contributed by atoms with Gasteiger partial charge in [-0.25, -0.2) is 0 Å². The van der Waals surface area contributed by atoms with E-state index < -0.39 is 0 Å². The standard InChI is InChI=1S/C15H20N2O2/c1-10-4-5-11(2)13(8-10)14(18)9-17-7-6-16-15(19)12(17)3/h4-5,8,12H,6-7,9H2,1-3H3,(H,16,19). The van der Waals surface area contributed by atoms with Gasteiger partial charge in [0, 0.05) is 18.7 Å². The topological polar surface area (TPSA) is 49.4 Å². The molecule has 1 N–H and O–H groups in total. The molecule has 1 saturated heterocycles. The number of nitrogens with one attached hydrogen (secondary N) is 1. The number of ketones is 1. The van der Waals surface area contributed by atoms with Crippen molar-refractivity contribution in [2.45, 2.75) is 26.8 Å². The van der Waals surface area contributed by atoms with Crippen molar-refractivity contribution >= 4 is 11.7 Å². The van der Waals surface area contributed by atoms with Crippen molar-refractivity contribution in [3.8, 4) is 0 Å². The molecule has 1 fully saturated rings. The molecule has 1 aliphatic heterocycles. The summed E-state index contributed by atoms with van der Waals surface area (Å²) in [5.74, 6) is 0.0859. The fraction of sp³-hybridized carbons (Fsp3) is 0.467. The highest BCUT2D eigenvalue weighted by molar-refractivity contribution is 5.99. The minimum absolute atomic E-state index is 0.0000131. The van der Waals surface area contributed by atoms with Gasteiger partial charge in [-0.05, 0) is 32.4 Å². The summed E-state index contributed by atoms with van der Waals surface area (Å²) in [6.07, 6.45) is 0. The van der Waals surface area contributed by atoms with E-state index >= 15 is 0 Å². The fourth-order valence-electron chi connectivity index (χ4n) is 2.35. The van der Waals surface area contributed by atoms with Gasteiger partial charge in [-0.3, -0.25) is 14.5 Å². The molecule has 19 heavy (non-hydrogen) atoms. The van der Waals surface area contributed by atoms with Crippen molar-refractivity contribution in [3.05, 3.63) is 34.9 Å². The third-order valence-electron chi connectivity index (χ3n) is 3.67. The summed E-state index contributed by atoms with van der Waals surface area (Å²) >= 11 is 0. The van der Waals surface area contributed by atoms with Crippen LogP contribution in [0, 0.1) is 13.8 Å². The van der Waals surface area contributed by atoms with Crippen LogP contribution in [0.4, 0.5) is 0 Å². The normalized spacial score (nSPS) is 20.2. The van der Waals surface area contributed by atoms with Crippen molar-refractivity contribution in [1.82, 2.24) is 10.2 Å². The highest BCUT2D eigenvalue weighted by atomic mass is 16.2. The molecule has 1 aliphatic rings. The molecule has 1 aromatic carbocycles. The van der Waals surface area contributed by atoms with Crippen LogP contribution in [0.2, 0.25) is 0 Å². The van der Waals surface area contributed by atoms with Crippen molar-refractivity contribution in [1.29, 1.82) is 0 Å². The summed E-state index contributed by atoms with van der Waals surface area (Å²) in [7, 11) is 0. The van der Waals surface area contributed by atoms with Crippen LogP contribution in [0.25, 0.3) is 0 Å². The van der Waals surface area contributed by atoms with E-state index in [1.165, 1.54) is 0 Å². The molecule has 102 valence electrons. The first-order valence-corrected chi connectivity index (χ1v) is 6.61. The lowest BCUT2D eigenvalue weighted by Gasteiger charge is -2.32. The molecule has 1 atom stereocenters. The maximum Gasteiger partial charge on any atom is 0.237 e. The largest absolute Gasteiger partial charge is 0.353 e. The molecule has 0 bridgehead atoms. The Morgan fingerprint density at radius 3 is 2.89 bits per heavy atom. The van der Waals surface area contributed by atoms with Crippen molar-refractivity contribution in [2.24, 2.45) is 0 Å². The van der Waals surface area contributed by atoms with E-state index in [2.05, 4.69) is 5.32 Å². The lowest BCUT2D eigenvalue weighted by molar-refractivity contribution is -0.127. The number of Topliss-reactive ketones (excluding diaryl/α,β-unsaturated/α-hetero) is 1. The van der Waals surface area contributed by atoms with Crippen LogP contribution >= 0.6 is 0 Å². The van der Waals surface area contributed by atoms with Crippen LogP contribution in [-0.2, 0) is 4.79 Å². The Bertz CT molecular complexity index is 511. The first kappa shape index (κ1) is 13.7. The van der Waals surface area contributed by atoms with Gasteiger partial charge >= 0.3 is 0 Å². The molecule has 1 amide bonds. The van der Waals surface area contributed by atoms with Gasteiger partial charge in [0.1, 0.15) is 0 Å². The minimum atomic E-state index is -0.234. The van der Waals surface area contributed by atoms with Crippen molar-refractivity contribution < 1.29 is 9.59 Å². The molecule has 1 aromatic rings. The number of hydrogen-bond acceptors (Lipinski definition) is 3. The smallest absolute Gasteiger partial charge is 0.237 e. The van der Waals surface area contributed by atoms with Gasteiger partial charge in [0.2, 0.25) is 5.91 Å². The predicted octanol–water partition coefficient (Wildman–Crippen LogP) is 1.31. The van der Waals surface area contributed by atoms with E-state index in [-0.39, 0.29) is 17.7 Å². The van der Waals surface area contributed by atoms with Crippen molar-refractivity contribution in [3.63, 3.8) is 0 Å². The molecule has 0 saturated carbocycles. The van der Waals surface area contributed by atoms with Crippen LogP contribution in [0.15, 0.2) is 18.2 Å². The van der Waals surface area contributed by atoms with Crippen LogP contribution in [0.3, 0.4) is 0 Å². The summed E-state index contributed by atoms with van der Waals surface area (Å²) in [5.41, 5.74) is 2.83. The lowest BCUT2D eigenvalue weighted by Crippen LogP contribution is -2.55. The van der Waals surface area contributed by atoms with E-state index in [1.807, 2.05) is 43.9 Å². The second kappa shape index (κ2) is 5.53. The third-order valence-corrected chi connectivity index (χ3v) is 3.67. The van der Waals surface area contributed by atoms with E-state index in [0.29, 0.717) is 13.1 Å². The number of benzene rings is 1. The van der Waals surface area contributed by atoms with Gasteiger partial charge in [-0.2, -0.15) is 0 Å². The maximum atomic E-state index is 12.4. The Balaban J connectivity index is 2.12. The third kappa shape index (κ3) is 3.01. The zero-order chi connectivity index (χ0) is 14.0. The molecule has 4 nitrogen and oxygen atoms in total. The molecule has 0 aromatic heterocycles. The molecule has 1 heterocycles. The summed E-state index contributed by atoms with van der Waals surface area (Å²) in [6.45, 7) is 7.41. The molecule has 4 heteroatoms. The first-order valence-electron chi connectivity index (χ1n) is 6.61. The molecule has 2 rings (SSSR count). The van der Waals surface area contributed by atoms with Gasteiger partial charge in [0.25, 0.3) is 0 Å². The van der Waals surface area contributed by atoms with Gasteiger partial charge in [-0.15, -0.1) is 0 Å². The van der Waals surface area contributed by atoms with Crippen LogP contribution in [0.5, 0.6) is 0 Å². The fourth-order valence-corrected chi connectivity index (χ4v) is 2.35. The quantitative estimate of drug-likeness (QED) is 0.834. The Kier molecular flexibility index (Phi) is 4.00. The van der Waals surface area contributed by atoms with Gasteiger partial charge in [-0.1, -0.05) is 17.7 Å². The van der Waals surface area contributed by atoms with Gasteiger partial charge in [0.05, 0.1) is 12.6 Å². The van der Waals surface area contributed by atoms with E-state index in [1.54, 1.807) is 0 Å². The monoisotopic (exact) mass is 260 g/mol. The SMILES string of the molecule is Cc1ccc(C)c(C(=O)CN2CCNC(=O)C2C)c1. The van der Waals surface area contributed by atoms with E-state index in [9.17, 15) is 9.59 Å². The molecular weight excluding hydrogens is 240 g/mol. The minimum Gasteiger partial charge on any atom is -0.353 e.